The van der Waals surface area contributed by atoms with Gasteiger partial charge in [0.1, 0.15) is 11.4 Å². The summed E-state index contributed by atoms with van der Waals surface area (Å²) in [4.78, 5) is 57.1. The average molecular weight is 697 g/mol. The fourth-order valence-electron chi connectivity index (χ4n) is 8.81. The molecule has 3 N–H and O–H groups in total. The van der Waals surface area contributed by atoms with Gasteiger partial charge in [-0.05, 0) is 110 Å². The lowest BCUT2D eigenvalue weighted by atomic mass is 9.53. The van der Waals surface area contributed by atoms with Crippen molar-refractivity contribution in [2.75, 3.05) is 7.11 Å². The lowest BCUT2D eigenvalue weighted by Crippen LogP contribution is -2.55. The summed E-state index contributed by atoms with van der Waals surface area (Å²) in [5.41, 5.74) is -0.648. The summed E-state index contributed by atoms with van der Waals surface area (Å²) in [6.45, 7) is 14.5. The molecule has 1 saturated heterocycles. The summed E-state index contributed by atoms with van der Waals surface area (Å²) in [5.74, 6) is -4.13. The van der Waals surface area contributed by atoms with Gasteiger partial charge in [0.05, 0.1) is 36.4 Å². The normalized spacial score (nSPS) is 41.5. The van der Waals surface area contributed by atoms with E-state index in [9.17, 15) is 34.5 Å². The first-order chi connectivity index (χ1) is 23.3. The van der Waals surface area contributed by atoms with Crippen LogP contribution < -0.4 is 0 Å². The number of ketones is 3. The largest absolute Gasteiger partial charge is 0.469 e. The third kappa shape index (κ3) is 7.86. The minimum Gasteiger partial charge on any atom is -0.469 e. The maximum absolute atomic E-state index is 14.6. The highest BCUT2D eigenvalue weighted by Gasteiger charge is 2.60. The van der Waals surface area contributed by atoms with Gasteiger partial charge in [-0.25, -0.2) is 0 Å². The first-order valence-electron chi connectivity index (χ1n) is 18.4. The van der Waals surface area contributed by atoms with E-state index in [2.05, 4.69) is 0 Å². The van der Waals surface area contributed by atoms with E-state index < -0.39 is 58.7 Å². The molecule has 2 heterocycles. The van der Waals surface area contributed by atoms with Gasteiger partial charge in [0.2, 0.25) is 0 Å². The van der Waals surface area contributed by atoms with Crippen molar-refractivity contribution in [3.05, 3.63) is 46.1 Å². The number of fused-ring (bicyclic) bond motifs is 5. The molecule has 0 aromatic carbocycles. The maximum Gasteiger partial charge on any atom is 0.313 e. The molecule has 9 atom stereocenters. The number of hydrogen-bond donors (Lipinski definition) is 3. The Hall–Kier alpha value is -2.72. The number of hydrogen-bond acceptors (Lipinski definition) is 9. The van der Waals surface area contributed by atoms with E-state index in [0.717, 1.165) is 16.7 Å². The van der Waals surface area contributed by atoms with Crippen molar-refractivity contribution in [2.24, 2.45) is 29.1 Å². The molecule has 0 spiro atoms. The quantitative estimate of drug-likeness (QED) is 0.231. The van der Waals surface area contributed by atoms with Gasteiger partial charge in [-0.2, -0.15) is 0 Å². The van der Waals surface area contributed by atoms with Crippen LogP contribution in [0.25, 0.3) is 0 Å². The third-order valence-electron chi connectivity index (χ3n) is 12.4. The molecule has 2 aliphatic carbocycles. The summed E-state index contributed by atoms with van der Waals surface area (Å²) in [7, 11) is 1.26. The zero-order valence-corrected chi connectivity index (χ0v) is 31.6. The Morgan fingerprint density at radius 3 is 2.28 bits per heavy atom. The summed E-state index contributed by atoms with van der Waals surface area (Å²) >= 11 is 0. The van der Waals surface area contributed by atoms with E-state index >= 15 is 0 Å². The Labute approximate surface area is 298 Å². The zero-order valence-electron chi connectivity index (χ0n) is 31.6. The molecule has 2 bridgehead atoms. The minimum atomic E-state index is -1.71. The third-order valence-corrected chi connectivity index (χ3v) is 12.4. The van der Waals surface area contributed by atoms with Gasteiger partial charge in [0.25, 0.3) is 0 Å². The number of aliphatic hydroxyl groups excluding tert-OH is 2. The maximum atomic E-state index is 14.6. The van der Waals surface area contributed by atoms with Crippen LogP contribution in [-0.2, 0) is 28.7 Å². The summed E-state index contributed by atoms with van der Waals surface area (Å²) in [6, 6.07) is 0. The molecule has 0 saturated carbocycles. The van der Waals surface area contributed by atoms with Crippen LogP contribution in [0.5, 0.6) is 0 Å². The van der Waals surface area contributed by atoms with E-state index in [0.29, 0.717) is 49.7 Å². The van der Waals surface area contributed by atoms with Crippen LogP contribution in [-0.4, -0.2) is 75.3 Å². The van der Waals surface area contributed by atoms with Crippen LogP contribution in [0.2, 0.25) is 0 Å². The minimum absolute atomic E-state index is 0.00952. The first-order valence-corrected chi connectivity index (χ1v) is 18.4. The Kier molecular flexibility index (Phi) is 12.4. The smallest absolute Gasteiger partial charge is 0.313 e. The van der Waals surface area contributed by atoms with Crippen LogP contribution in [0.4, 0.5) is 0 Å². The van der Waals surface area contributed by atoms with Gasteiger partial charge < -0.3 is 24.8 Å². The number of esters is 1. The van der Waals surface area contributed by atoms with Crippen molar-refractivity contribution >= 4 is 23.3 Å². The van der Waals surface area contributed by atoms with E-state index in [4.69, 9.17) is 9.47 Å². The molecule has 0 radical (unpaired) electrons. The number of carbonyl (C=O) groups is 4. The lowest BCUT2D eigenvalue weighted by Gasteiger charge is -2.48. The van der Waals surface area contributed by atoms with Gasteiger partial charge in [0, 0.05) is 30.6 Å². The number of carbonyl (C=O) groups excluding carboxylic acids is 4. The topological polar surface area (TPSA) is 147 Å². The highest BCUT2D eigenvalue weighted by molar-refractivity contribution is 6.02. The summed E-state index contributed by atoms with van der Waals surface area (Å²) in [6.07, 6.45) is 5.05. The van der Waals surface area contributed by atoms with Crippen molar-refractivity contribution in [3.8, 4) is 0 Å². The van der Waals surface area contributed by atoms with E-state index in [1.54, 1.807) is 13.0 Å². The van der Waals surface area contributed by atoms with Crippen molar-refractivity contribution in [1.29, 1.82) is 0 Å². The van der Waals surface area contributed by atoms with E-state index in [-0.39, 0.29) is 49.0 Å². The molecule has 4 rings (SSSR count). The second-order valence-corrected chi connectivity index (χ2v) is 16.5. The van der Waals surface area contributed by atoms with E-state index in [1.165, 1.54) is 14.0 Å². The number of ether oxygens (including phenoxy) is 2. The van der Waals surface area contributed by atoms with Crippen molar-refractivity contribution < 1.29 is 44.0 Å². The van der Waals surface area contributed by atoms with Crippen LogP contribution >= 0.6 is 0 Å². The number of rotatable bonds is 2. The molecular weight excluding hydrogens is 636 g/mol. The summed E-state index contributed by atoms with van der Waals surface area (Å²) in [5, 5.41) is 35.0. The van der Waals surface area contributed by atoms with Crippen molar-refractivity contribution in [1.82, 2.24) is 0 Å². The van der Waals surface area contributed by atoms with E-state index in [1.807, 2.05) is 53.7 Å². The molecule has 1 fully saturated rings. The molecule has 9 heteroatoms. The number of methoxy groups -OCH3 is 1. The molecule has 50 heavy (non-hydrogen) atoms. The molecular formula is C41H60O9. The molecule has 0 aromatic heterocycles. The molecule has 0 amide bonds. The zero-order chi connectivity index (χ0) is 37.3. The van der Waals surface area contributed by atoms with Gasteiger partial charge in [-0.15, -0.1) is 0 Å². The highest BCUT2D eigenvalue weighted by Crippen LogP contribution is 2.55. The van der Waals surface area contributed by atoms with Crippen LogP contribution in [0, 0.1) is 29.1 Å². The molecule has 4 aliphatic rings. The number of Topliss-reactive ketones (excluding diaryl/α,β-unsaturated/α-hetero) is 2. The second-order valence-electron chi connectivity index (χ2n) is 16.5. The molecule has 0 unspecified atom stereocenters. The lowest BCUT2D eigenvalue weighted by molar-refractivity contribution is -0.188. The monoisotopic (exact) mass is 696 g/mol. The first kappa shape index (κ1) is 40.1. The Bertz CT molecular complexity index is 1480. The molecule has 0 aromatic rings. The van der Waals surface area contributed by atoms with Gasteiger partial charge in [0.15, 0.2) is 11.6 Å². The fourth-order valence-corrected chi connectivity index (χ4v) is 8.81. The molecule has 9 nitrogen and oxygen atoms in total. The fraction of sp³-hybridized carbons (Fsp3) is 0.707. The Morgan fingerprint density at radius 2 is 1.64 bits per heavy atom. The van der Waals surface area contributed by atoms with Gasteiger partial charge in [-0.3, -0.25) is 19.2 Å². The van der Waals surface area contributed by atoms with Gasteiger partial charge in [-0.1, -0.05) is 48.3 Å². The Balaban J connectivity index is 2.00. The number of allylic oxidation sites excluding steroid dienone is 7. The van der Waals surface area contributed by atoms with Gasteiger partial charge >= 0.3 is 5.97 Å². The predicted octanol–water partition coefficient (Wildman–Crippen LogP) is 6.09. The van der Waals surface area contributed by atoms with Crippen LogP contribution in [0.15, 0.2) is 46.1 Å². The van der Waals surface area contributed by atoms with Crippen LogP contribution in [0.3, 0.4) is 0 Å². The number of aliphatic hydroxyl groups is 3. The highest BCUT2D eigenvalue weighted by atomic mass is 16.5. The molecule has 278 valence electrons. The SMILES string of the molecule is COC(=O)[C@]12CC(=O)[C@@H](C(C)C)CC(=O)/C(C)=C\CC/C(C)=C/C(=O)[C@@H]1CC(C)=C1C[C@H](O)[C@](C)(O)[C@H]3CC[C@](C)(O3)[C@@H](O)CC/C(C)=C\[C@H]12. The Morgan fingerprint density at radius 1 is 0.960 bits per heavy atom. The molecule has 2 aliphatic heterocycles. The van der Waals surface area contributed by atoms with Crippen LogP contribution in [0.1, 0.15) is 120 Å². The average Bonchev–Trinajstić information content (AvgIpc) is 3.47. The van der Waals surface area contributed by atoms with Crippen molar-refractivity contribution in [2.45, 2.75) is 149 Å². The summed E-state index contributed by atoms with van der Waals surface area (Å²) < 4.78 is 11.9. The standard InChI is InChI=1S/C41H60O9/c1-23(2)28-20-32(42)26(5)12-10-11-24(3)18-33(43)31-19-27(6)29-21-36(46)40(8,48)37-15-16-39(7,50-37)35(45)14-13-25(4)17-30(29)41(31,22-34(28)44)38(47)49-9/h12,17-18,23,28,30-31,35-37,45-46,48H,10-11,13-16,19-22H2,1-9H3/b24-18+,25-17-,26-12-/t28-,30-,31+,35+,36+,37-,39+,40+,41+/m1/s1. The predicted molar refractivity (Wildman–Crippen MR) is 191 cm³/mol. The van der Waals surface area contributed by atoms with Crippen molar-refractivity contribution in [3.63, 3.8) is 0 Å². The second kappa shape index (κ2) is 15.5.